The van der Waals surface area contributed by atoms with E-state index in [1.807, 2.05) is 11.8 Å². The van der Waals surface area contributed by atoms with Crippen LogP contribution in [0, 0.1) is 5.92 Å². The average molecular weight is 253 g/mol. The summed E-state index contributed by atoms with van der Waals surface area (Å²) in [5, 5.41) is 0. The third-order valence-electron chi connectivity index (χ3n) is 3.57. The molecule has 0 nitrogen and oxygen atoms in total. The second-order valence-corrected chi connectivity index (χ2v) is 7.50. The van der Waals surface area contributed by atoms with E-state index in [2.05, 4.69) is 6.92 Å². The van der Waals surface area contributed by atoms with Crippen LogP contribution >= 0.6 is 35.0 Å². The smallest absolute Gasteiger partial charge is 0.133 e. The van der Waals surface area contributed by atoms with E-state index in [9.17, 15) is 0 Å². The van der Waals surface area contributed by atoms with Crippen LogP contribution in [0.25, 0.3) is 0 Å². The molecule has 2 aliphatic rings. The summed E-state index contributed by atoms with van der Waals surface area (Å²) < 4.78 is -0.197. The van der Waals surface area contributed by atoms with Gasteiger partial charge in [-0.1, -0.05) is 19.8 Å². The summed E-state index contributed by atoms with van der Waals surface area (Å²) in [6, 6.07) is 0. The van der Waals surface area contributed by atoms with Gasteiger partial charge < -0.3 is 0 Å². The highest BCUT2D eigenvalue weighted by Gasteiger charge is 2.67. The van der Waals surface area contributed by atoms with Crippen LogP contribution in [0.2, 0.25) is 0 Å². The van der Waals surface area contributed by atoms with Gasteiger partial charge in [-0.25, -0.2) is 0 Å². The van der Waals surface area contributed by atoms with Crippen molar-refractivity contribution in [2.24, 2.45) is 5.92 Å². The standard InChI is InChI=1S/C11H18Cl2S/c1-2-3-7-14-10-8-9(10)5-4-6-11(10,12)13/h9H,2-8H2,1H3. The molecule has 82 valence electrons. The molecule has 0 saturated heterocycles. The summed E-state index contributed by atoms with van der Waals surface area (Å²) in [5.74, 6) is 2.04. The molecule has 0 N–H and O–H groups in total. The van der Waals surface area contributed by atoms with Crippen molar-refractivity contribution in [3.8, 4) is 0 Å². The van der Waals surface area contributed by atoms with Crippen LogP contribution in [0.15, 0.2) is 0 Å². The molecular formula is C11H18Cl2S. The maximum atomic E-state index is 6.44. The third-order valence-corrected chi connectivity index (χ3v) is 6.70. The number of hydrogen-bond acceptors (Lipinski definition) is 1. The van der Waals surface area contributed by atoms with Crippen LogP contribution in [-0.2, 0) is 0 Å². The quantitative estimate of drug-likeness (QED) is 0.519. The lowest BCUT2D eigenvalue weighted by molar-refractivity contribution is 0.479. The van der Waals surface area contributed by atoms with E-state index in [1.54, 1.807) is 0 Å². The Morgan fingerprint density at radius 3 is 2.86 bits per heavy atom. The normalized spacial score (nSPS) is 39.2. The molecule has 0 amide bonds. The Hall–Kier alpha value is 0.930. The van der Waals surface area contributed by atoms with Crippen molar-refractivity contribution in [2.75, 3.05) is 5.75 Å². The van der Waals surface area contributed by atoms with Crippen molar-refractivity contribution < 1.29 is 0 Å². The molecule has 2 unspecified atom stereocenters. The largest absolute Gasteiger partial charge is 0.152 e. The number of rotatable bonds is 4. The minimum atomic E-state index is -0.436. The molecular weight excluding hydrogens is 235 g/mol. The number of unbranched alkanes of at least 4 members (excludes halogenated alkanes) is 1. The Kier molecular flexibility index (Phi) is 3.32. The molecule has 2 aliphatic carbocycles. The highest BCUT2D eigenvalue weighted by atomic mass is 35.5. The molecule has 0 spiro atoms. The minimum Gasteiger partial charge on any atom is -0.152 e. The highest BCUT2D eigenvalue weighted by molar-refractivity contribution is 8.01. The van der Waals surface area contributed by atoms with E-state index in [4.69, 9.17) is 23.2 Å². The van der Waals surface area contributed by atoms with Gasteiger partial charge in [-0.3, -0.25) is 0 Å². The monoisotopic (exact) mass is 252 g/mol. The van der Waals surface area contributed by atoms with Crippen LogP contribution in [-0.4, -0.2) is 14.8 Å². The summed E-state index contributed by atoms with van der Waals surface area (Å²) in [7, 11) is 0. The second kappa shape index (κ2) is 4.07. The van der Waals surface area contributed by atoms with E-state index < -0.39 is 4.33 Å². The SMILES string of the molecule is CCCCSC12CC1CCCC2(Cl)Cl. The van der Waals surface area contributed by atoms with Crippen molar-refractivity contribution >= 4 is 35.0 Å². The van der Waals surface area contributed by atoms with Crippen LogP contribution in [0.5, 0.6) is 0 Å². The third kappa shape index (κ3) is 1.81. The molecule has 2 rings (SSSR count). The summed E-state index contributed by atoms with van der Waals surface area (Å²) in [6.45, 7) is 2.23. The van der Waals surface area contributed by atoms with Gasteiger partial charge in [0.25, 0.3) is 0 Å². The van der Waals surface area contributed by atoms with E-state index >= 15 is 0 Å². The summed E-state index contributed by atoms with van der Waals surface area (Å²) in [6.07, 6.45) is 7.38. The predicted octanol–water partition coefficient (Wildman–Crippen LogP) is 4.64. The van der Waals surface area contributed by atoms with E-state index in [-0.39, 0.29) is 4.75 Å². The highest BCUT2D eigenvalue weighted by Crippen LogP contribution is 2.69. The number of alkyl halides is 2. The Morgan fingerprint density at radius 2 is 2.21 bits per heavy atom. The molecule has 2 fully saturated rings. The Bertz CT molecular complexity index is 217. The van der Waals surface area contributed by atoms with E-state index in [0.29, 0.717) is 0 Å². The zero-order valence-electron chi connectivity index (χ0n) is 8.69. The number of fused-ring (bicyclic) bond motifs is 1. The fourth-order valence-electron chi connectivity index (χ4n) is 2.55. The molecule has 0 aromatic carbocycles. The maximum absolute atomic E-state index is 6.44. The second-order valence-electron chi connectivity index (χ2n) is 4.59. The van der Waals surface area contributed by atoms with Crippen LogP contribution in [0.1, 0.15) is 45.4 Å². The van der Waals surface area contributed by atoms with Gasteiger partial charge >= 0.3 is 0 Å². The molecule has 0 aliphatic heterocycles. The van der Waals surface area contributed by atoms with Gasteiger partial charge in [-0.15, -0.1) is 23.2 Å². The molecule has 0 aromatic heterocycles. The molecule has 0 aromatic rings. The van der Waals surface area contributed by atoms with Gasteiger partial charge in [-0.2, -0.15) is 11.8 Å². The van der Waals surface area contributed by atoms with Crippen molar-refractivity contribution in [3.63, 3.8) is 0 Å². The topological polar surface area (TPSA) is 0 Å². The number of thioether (sulfide) groups is 1. The fraction of sp³-hybridized carbons (Fsp3) is 1.00. The molecule has 0 bridgehead atoms. The first kappa shape index (κ1) is 11.4. The van der Waals surface area contributed by atoms with Gasteiger partial charge in [0.2, 0.25) is 0 Å². The van der Waals surface area contributed by atoms with Crippen molar-refractivity contribution in [1.29, 1.82) is 0 Å². The van der Waals surface area contributed by atoms with Crippen LogP contribution < -0.4 is 0 Å². The molecule has 0 heterocycles. The van der Waals surface area contributed by atoms with E-state index in [1.165, 1.54) is 37.9 Å². The van der Waals surface area contributed by atoms with E-state index in [0.717, 1.165) is 12.3 Å². The molecule has 2 saturated carbocycles. The van der Waals surface area contributed by atoms with Crippen LogP contribution in [0.4, 0.5) is 0 Å². The van der Waals surface area contributed by atoms with Gasteiger partial charge in [0.15, 0.2) is 0 Å². The summed E-state index contributed by atoms with van der Waals surface area (Å²) in [5.41, 5.74) is 0. The van der Waals surface area contributed by atoms with Gasteiger partial charge in [0.1, 0.15) is 4.33 Å². The first-order valence-corrected chi connectivity index (χ1v) is 7.38. The first-order chi connectivity index (χ1) is 6.62. The predicted molar refractivity (Wildman–Crippen MR) is 66.5 cm³/mol. The fourth-order valence-corrected chi connectivity index (χ4v) is 5.39. The van der Waals surface area contributed by atoms with Crippen LogP contribution in [0.3, 0.4) is 0 Å². The lowest BCUT2D eigenvalue weighted by Gasteiger charge is -2.34. The van der Waals surface area contributed by atoms with Crippen molar-refractivity contribution in [2.45, 2.75) is 54.5 Å². The van der Waals surface area contributed by atoms with Crippen molar-refractivity contribution in [1.82, 2.24) is 0 Å². The van der Waals surface area contributed by atoms with Gasteiger partial charge in [0, 0.05) is 0 Å². The molecule has 14 heavy (non-hydrogen) atoms. The summed E-state index contributed by atoms with van der Waals surface area (Å²) >= 11 is 14.9. The lowest BCUT2D eigenvalue weighted by Crippen LogP contribution is -2.35. The number of halogens is 2. The first-order valence-electron chi connectivity index (χ1n) is 5.64. The molecule has 3 heteroatoms. The lowest BCUT2D eigenvalue weighted by atomic mass is 9.99. The summed E-state index contributed by atoms with van der Waals surface area (Å²) in [4.78, 5) is 0. The van der Waals surface area contributed by atoms with Gasteiger partial charge in [-0.05, 0) is 37.4 Å². The Morgan fingerprint density at radius 1 is 1.43 bits per heavy atom. The maximum Gasteiger partial charge on any atom is 0.133 e. The zero-order valence-corrected chi connectivity index (χ0v) is 11.0. The number of hydrogen-bond donors (Lipinski definition) is 0. The molecule has 2 atom stereocenters. The Balaban J connectivity index is 1.94. The average Bonchev–Trinajstić information content (AvgIpc) is 2.81. The van der Waals surface area contributed by atoms with Crippen molar-refractivity contribution in [3.05, 3.63) is 0 Å². The molecule has 0 radical (unpaired) electrons. The minimum absolute atomic E-state index is 0.240. The Labute approximate surface area is 101 Å². The van der Waals surface area contributed by atoms with Gasteiger partial charge in [0.05, 0.1) is 4.75 Å². The zero-order chi connectivity index (χ0) is 10.2.